The Bertz CT molecular complexity index is 1970. The molecule has 2 aromatic carbocycles. The minimum Gasteiger partial charge on any atom is -0.480 e. The molecule has 284 valence electrons. The van der Waals surface area contributed by atoms with E-state index in [1.54, 1.807) is 22.8 Å². The van der Waals surface area contributed by atoms with Crippen LogP contribution in [0, 0.1) is 38.2 Å². The number of carbonyl (C=O) groups is 2. The van der Waals surface area contributed by atoms with Gasteiger partial charge in [-0.1, -0.05) is 84.4 Å². The summed E-state index contributed by atoms with van der Waals surface area (Å²) in [6.45, 7) is 20.1. The number of hydrogen-bond donors (Lipinski definition) is 3. The molecular weight excluding hydrogens is 711 g/mol. The van der Waals surface area contributed by atoms with Crippen LogP contribution in [-0.4, -0.2) is 47.2 Å². The number of fused-ring (bicyclic) bond motifs is 1. The number of aliphatic carboxylic acids is 1. The average Bonchev–Trinajstić information content (AvgIpc) is 3.67. The number of nitrogens with one attached hydrogen (secondary N) is 2. The Labute approximate surface area is 319 Å². The summed E-state index contributed by atoms with van der Waals surface area (Å²) in [5.41, 5.74) is 3.46. The highest BCUT2D eigenvalue weighted by Crippen LogP contribution is 2.38. The molecule has 1 aliphatic rings. The number of unbranched alkanes of at least 4 members (excludes halogenated alkanes) is 5. The second-order valence-corrected chi connectivity index (χ2v) is 16.7. The zero-order chi connectivity index (χ0) is 38.2. The maximum Gasteiger partial charge on any atom is 0.331 e. The van der Waals surface area contributed by atoms with Gasteiger partial charge in [-0.2, -0.15) is 4.21 Å². The number of anilines is 1. The van der Waals surface area contributed by atoms with Gasteiger partial charge in [0, 0.05) is 11.8 Å². The first kappa shape index (κ1) is 39.9. The molecule has 53 heavy (non-hydrogen) atoms. The third kappa shape index (κ3) is 10.0. The van der Waals surface area contributed by atoms with Crippen molar-refractivity contribution >= 4 is 52.0 Å². The molecule has 0 saturated heterocycles. The van der Waals surface area contributed by atoms with Crippen LogP contribution in [0.5, 0.6) is 5.75 Å². The van der Waals surface area contributed by atoms with Crippen molar-refractivity contribution in [3.05, 3.63) is 70.7 Å². The van der Waals surface area contributed by atoms with Crippen molar-refractivity contribution < 1.29 is 27.8 Å². The van der Waals surface area contributed by atoms with Gasteiger partial charge in [-0.25, -0.2) is 14.6 Å². The van der Waals surface area contributed by atoms with E-state index < -0.39 is 28.5 Å². The number of thioether (sulfide) groups is 1. The summed E-state index contributed by atoms with van der Waals surface area (Å²) in [6, 6.07) is 11.0. The van der Waals surface area contributed by atoms with Crippen LogP contribution < -0.4 is 8.91 Å². The van der Waals surface area contributed by atoms with Crippen LogP contribution in [0.15, 0.2) is 47.5 Å². The topological polar surface area (TPSA) is 139 Å². The fraction of sp³-hybridized carbons (Fsp3) is 0.500. The van der Waals surface area contributed by atoms with E-state index in [4.69, 9.17) is 20.5 Å². The summed E-state index contributed by atoms with van der Waals surface area (Å²) < 4.78 is 29.9. The number of rotatable bonds is 17. The lowest BCUT2D eigenvalue weighted by Crippen LogP contribution is -2.37. The Morgan fingerprint density at radius 2 is 1.81 bits per heavy atom. The van der Waals surface area contributed by atoms with Gasteiger partial charge >= 0.3 is 23.2 Å². The Hall–Kier alpha value is -4.28. The zero-order valence-corrected chi connectivity index (χ0v) is 33.1. The minimum absolute atomic E-state index is 0.129. The average molecular weight is 762 g/mol. The fourth-order valence-corrected chi connectivity index (χ4v) is 9.14. The van der Waals surface area contributed by atoms with Crippen molar-refractivity contribution in [2.75, 3.05) is 4.72 Å². The molecule has 0 spiro atoms. The number of H-pyrrole nitrogens is 1. The first-order chi connectivity index (χ1) is 25.4. The van der Waals surface area contributed by atoms with Gasteiger partial charge in [-0.15, -0.1) is 11.8 Å². The van der Waals surface area contributed by atoms with E-state index >= 15 is 0 Å². The van der Waals surface area contributed by atoms with E-state index in [1.807, 2.05) is 38.1 Å². The van der Waals surface area contributed by atoms with Gasteiger partial charge in [-0.05, 0) is 80.2 Å². The van der Waals surface area contributed by atoms with Crippen molar-refractivity contribution in [3.63, 3.8) is 0 Å². The quantitative estimate of drug-likeness (QED) is 0.0418. The second-order valence-electron chi connectivity index (χ2n) is 14.6. The van der Waals surface area contributed by atoms with Crippen LogP contribution in [-0.2, 0) is 20.8 Å². The van der Waals surface area contributed by atoms with Crippen molar-refractivity contribution in [2.24, 2.45) is 17.8 Å². The van der Waals surface area contributed by atoms with Gasteiger partial charge in [-0.3, -0.25) is 19.1 Å². The molecule has 1 saturated carbocycles. The molecule has 3 N–H and O–H groups in total. The van der Waals surface area contributed by atoms with E-state index in [0.29, 0.717) is 45.7 Å². The third-order valence-electron chi connectivity index (χ3n) is 9.97. The van der Waals surface area contributed by atoms with Crippen molar-refractivity contribution in [1.82, 2.24) is 14.6 Å². The lowest BCUT2D eigenvalue weighted by molar-refractivity contribution is -0.136. The van der Waals surface area contributed by atoms with Crippen LogP contribution in [0.3, 0.4) is 0 Å². The highest BCUT2D eigenvalue weighted by Gasteiger charge is 2.36. The third-order valence-corrected chi connectivity index (χ3v) is 12.0. The number of ether oxygens (including phenoxy) is 1. The first-order valence-electron chi connectivity index (χ1n) is 18.6. The molecule has 13 heteroatoms. The number of carboxylic acid groups (broad SMARTS) is 1. The number of hydrogen-bond acceptors (Lipinski definition) is 7. The van der Waals surface area contributed by atoms with Crippen molar-refractivity contribution in [3.8, 4) is 17.1 Å². The van der Waals surface area contributed by atoms with Gasteiger partial charge in [0.1, 0.15) is 16.9 Å². The highest BCUT2D eigenvalue weighted by molar-refractivity contribution is 8.00. The molecule has 4 aromatic rings. The van der Waals surface area contributed by atoms with Gasteiger partial charge in [0.15, 0.2) is 17.2 Å². The van der Waals surface area contributed by atoms with Gasteiger partial charge in [0.25, 0.3) is 0 Å². The van der Waals surface area contributed by atoms with Gasteiger partial charge in [0.2, 0.25) is 5.69 Å². The molecule has 2 heterocycles. The highest BCUT2D eigenvalue weighted by atomic mass is 32.2. The minimum atomic E-state index is -2.03. The molecule has 11 nitrogen and oxygen atoms in total. The van der Waals surface area contributed by atoms with E-state index in [2.05, 4.69) is 42.4 Å². The summed E-state index contributed by atoms with van der Waals surface area (Å²) in [7, 11) is 0. The number of aromatic amines is 1. The monoisotopic (exact) mass is 761 g/mol. The molecule has 4 unspecified atom stereocenters. The first-order valence-corrected chi connectivity index (χ1v) is 20.5. The van der Waals surface area contributed by atoms with Crippen molar-refractivity contribution in [1.29, 1.82) is 0 Å². The molecule has 1 aliphatic carbocycles. The summed E-state index contributed by atoms with van der Waals surface area (Å²) in [6.07, 6.45) is 10.2. The predicted octanol–water partition coefficient (Wildman–Crippen LogP) is 10.1. The molecule has 0 amide bonds. The van der Waals surface area contributed by atoms with Crippen LogP contribution in [0.4, 0.5) is 11.4 Å². The summed E-state index contributed by atoms with van der Waals surface area (Å²) in [5.74, 6) is 0.332. The molecule has 0 bridgehead atoms. The maximum absolute atomic E-state index is 13.6. The number of esters is 1. The van der Waals surface area contributed by atoms with Crippen LogP contribution in [0.2, 0.25) is 0 Å². The maximum atomic E-state index is 13.6. The molecule has 4 atom stereocenters. The number of benzene rings is 2. The SMILES string of the molecule is [C-]#[N+]c1cn2[nH]c(-c3ccc(C)c(NS(=O)Oc4cc(C)ccc4SC(CCCCCCCC)C(=O)O)c3)nc2c1C(=O)OC1C(C)CC(C)CC1C. The molecular formula is C40H51N5O6S2. The Morgan fingerprint density at radius 3 is 2.51 bits per heavy atom. The fourth-order valence-electron chi connectivity index (χ4n) is 7.29. The Balaban J connectivity index is 1.30. The normalized spacial score (nSPS) is 19.7. The summed E-state index contributed by atoms with van der Waals surface area (Å²) >= 11 is -0.809. The second kappa shape index (κ2) is 18.2. The summed E-state index contributed by atoms with van der Waals surface area (Å²) in [4.78, 5) is 34.6. The van der Waals surface area contributed by atoms with E-state index in [-0.39, 0.29) is 29.2 Å². The Kier molecular flexibility index (Phi) is 13.7. The van der Waals surface area contributed by atoms with E-state index in [1.165, 1.54) is 18.2 Å². The lowest BCUT2D eigenvalue weighted by atomic mass is 9.75. The van der Waals surface area contributed by atoms with Crippen LogP contribution in [0.1, 0.15) is 107 Å². The molecule has 5 rings (SSSR count). The largest absolute Gasteiger partial charge is 0.480 e. The number of carboxylic acids is 1. The van der Waals surface area contributed by atoms with E-state index in [0.717, 1.165) is 56.1 Å². The molecule has 1 fully saturated rings. The summed E-state index contributed by atoms with van der Waals surface area (Å²) in [5, 5.41) is 12.5. The lowest BCUT2D eigenvalue weighted by Gasteiger charge is -2.37. The molecule has 0 aliphatic heterocycles. The van der Waals surface area contributed by atoms with E-state index in [9.17, 15) is 18.9 Å². The van der Waals surface area contributed by atoms with Crippen LogP contribution in [0.25, 0.3) is 21.9 Å². The smallest absolute Gasteiger partial charge is 0.331 e. The number of aromatic nitrogens is 3. The standard InChI is InChI=1S/C40H51N5O6S2/c1-8-9-10-11-12-13-14-34(39(46)47)52-33-18-15-24(2)21-32(33)51-53(49)44-30-22-29(17-16-26(30)4)37-42-38-35(31(41-7)23-45(38)43-37)40(48)50-36-27(5)19-25(3)20-28(36)6/h15-18,21-23,25,27-28,34,36,44H,8-14,19-20H2,1-6H3,(H,42,43)(H,46,47). The number of aryl methyl sites for hydroxylation is 2. The number of carbonyl (C=O) groups excluding carboxylic acids is 1. The predicted molar refractivity (Wildman–Crippen MR) is 211 cm³/mol. The van der Waals surface area contributed by atoms with Crippen molar-refractivity contribution in [2.45, 2.75) is 116 Å². The Morgan fingerprint density at radius 1 is 1.09 bits per heavy atom. The van der Waals surface area contributed by atoms with Gasteiger partial charge in [0.05, 0.1) is 17.2 Å². The van der Waals surface area contributed by atoms with Gasteiger partial charge < -0.3 is 14.0 Å². The zero-order valence-electron chi connectivity index (χ0n) is 31.4. The molecule has 0 radical (unpaired) electrons. The molecule has 2 aromatic heterocycles. The van der Waals surface area contributed by atoms with Crippen LogP contribution >= 0.6 is 11.8 Å². The number of nitrogens with zero attached hydrogens (tertiary/aromatic N) is 3.